The molecule has 1 aliphatic rings. The van der Waals surface area contributed by atoms with E-state index in [9.17, 15) is 0 Å². The number of halogens is 1. The molecule has 124 valence electrons. The van der Waals surface area contributed by atoms with Crippen LogP contribution in [0.15, 0.2) is 61.2 Å². The van der Waals surface area contributed by atoms with E-state index in [0.717, 1.165) is 33.9 Å². The number of rotatable bonds is 1. The Hall–Kier alpha value is -3.36. The van der Waals surface area contributed by atoms with E-state index in [2.05, 4.69) is 31.6 Å². The second-order valence-corrected chi connectivity index (χ2v) is 6.54. The van der Waals surface area contributed by atoms with Crippen LogP contribution in [0.3, 0.4) is 0 Å². The van der Waals surface area contributed by atoms with Crippen molar-refractivity contribution < 1.29 is 0 Å². The van der Waals surface area contributed by atoms with Crippen LogP contribution in [0, 0.1) is 6.57 Å². The zero-order valence-electron chi connectivity index (χ0n) is 13.6. The van der Waals surface area contributed by atoms with Gasteiger partial charge in [-0.05, 0) is 17.7 Å². The standard InChI is InChI=1S/C20H12ClN5/c1-22-16-4-2-13(3-5-16)14-8-17-20-23-6-7-26(20)18-10-24-19(21)9-15(18)12-25(17)11-14/h2-11H,12H2. The summed E-state index contributed by atoms with van der Waals surface area (Å²) >= 11 is 6.12. The lowest BCUT2D eigenvalue weighted by Gasteiger charge is -2.08. The Bertz CT molecular complexity index is 1180. The second kappa shape index (κ2) is 5.58. The summed E-state index contributed by atoms with van der Waals surface area (Å²) in [5.74, 6) is 0.872. The molecule has 1 aliphatic heterocycles. The fourth-order valence-corrected chi connectivity index (χ4v) is 3.57. The summed E-state index contributed by atoms with van der Waals surface area (Å²) in [4.78, 5) is 12.2. The SMILES string of the molecule is [C-]#[N+]c1ccc(-c2cc3n(c2)Cc2cc(Cl)ncc2-n2ccnc2-3)cc1. The largest absolute Gasteiger partial charge is 0.340 e. The molecule has 5 rings (SSSR count). The smallest absolute Gasteiger partial charge is 0.187 e. The molecule has 5 nitrogen and oxygen atoms in total. The first-order chi connectivity index (χ1) is 12.7. The number of benzene rings is 1. The van der Waals surface area contributed by atoms with E-state index >= 15 is 0 Å². The van der Waals surface area contributed by atoms with Gasteiger partial charge in [0, 0.05) is 36.3 Å². The molecule has 0 N–H and O–H groups in total. The summed E-state index contributed by atoms with van der Waals surface area (Å²) in [6.07, 6.45) is 7.64. The van der Waals surface area contributed by atoms with Crippen molar-refractivity contribution in [3.05, 3.63) is 83.3 Å². The molecular formula is C20H12ClN5. The third-order valence-electron chi connectivity index (χ3n) is 4.63. The number of hydrogen-bond acceptors (Lipinski definition) is 2. The van der Waals surface area contributed by atoms with Gasteiger partial charge in [-0.15, -0.1) is 0 Å². The third kappa shape index (κ3) is 2.24. The highest BCUT2D eigenvalue weighted by molar-refractivity contribution is 6.29. The lowest BCUT2D eigenvalue weighted by molar-refractivity contribution is 0.817. The van der Waals surface area contributed by atoms with Gasteiger partial charge in [-0.1, -0.05) is 35.9 Å². The van der Waals surface area contributed by atoms with Gasteiger partial charge in [0.05, 0.1) is 24.2 Å². The molecule has 0 unspecified atom stereocenters. The number of fused-ring (bicyclic) bond motifs is 5. The van der Waals surface area contributed by atoms with Gasteiger partial charge in [-0.3, -0.25) is 4.57 Å². The molecule has 0 aliphatic carbocycles. The molecule has 26 heavy (non-hydrogen) atoms. The van der Waals surface area contributed by atoms with Crippen molar-refractivity contribution in [1.29, 1.82) is 0 Å². The summed E-state index contributed by atoms with van der Waals surface area (Å²) in [6.45, 7) is 7.78. The molecule has 4 aromatic rings. The topological polar surface area (TPSA) is 40.0 Å². The summed E-state index contributed by atoms with van der Waals surface area (Å²) in [7, 11) is 0. The Morgan fingerprint density at radius 3 is 2.73 bits per heavy atom. The number of pyridine rings is 1. The fourth-order valence-electron chi connectivity index (χ4n) is 3.39. The fraction of sp³-hybridized carbons (Fsp3) is 0.0500. The highest BCUT2D eigenvalue weighted by Crippen LogP contribution is 2.34. The van der Waals surface area contributed by atoms with E-state index in [1.54, 1.807) is 12.4 Å². The van der Waals surface area contributed by atoms with Crippen molar-refractivity contribution in [2.24, 2.45) is 0 Å². The number of hydrogen-bond donors (Lipinski definition) is 0. The Kier molecular flexibility index (Phi) is 3.21. The zero-order chi connectivity index (χ0) is 17.7. The highest BCUT2D eigenvalue weighted by atomic mass is 35.5. The minimum atomic E-state index is 0.482. The molecule has 0 radical (unpaired) electrons. The van der Waals surface area contributed by atoms with Crippen LogP contribution < -0.4 is 0 Å². The van der Waals surface area contributed by atoms with Crippen molar-refractivity contribution in [2.75, 3.05) is 0 Å². The Labute approximate surface area is 155 Å². The van der Waals surface area contributed by atoms with Crippen molar-refractivity contribution in [3.8, 4) is 28.3 Å². The predicted molar refractivity (Wildman–Crippen MR) is 101 cm³/mol. The number of nitrogens with zero attached hydrogens (tertiary/aromatic N) is 5. The third-order valence-corrected chi connectivity index (χ3v) is 4.84. The van der Waals surface area contributed by atoms with Crippen LogP contribution in [0.5, 0.6) is 0 Å². The van der Waals surface area contributed by atoms with E-state index in [1.165, 1.54) is 0 Å². The van der Waals surface area contributed by atoms with Crippen molar-refractivity contribution in [3.63, 3.8) is 0 Å². The Morgan fingerprint density at radius 2 is 1.92 bits per heavy atom. The average Bonchev–Trinajstić information content (AvgIpc) is 3.27. The van der Waals surface area contributed by atoms with Gasteiger partial charge >= 0.3 is 0 Å². The quantitative estimate of drug-likeness (QED) is 0.314. The van der Waals surface area contributed by atoms with Crippen LogP contribution in [0.1, 0.15) is 5.56 Å². The maximum absolute atomic E-state index is 7.09. The molecule has 6 heteroatoms. The predicted octanol–water partition coefficient (Wildman–Crippen LogP) is 4.97. The van der Waals surface area contributed by atoms with E-state index in [1.807, 2.05) is 41.1 Å². The molecule has 1 aromatic carbocycles. The Morgan fingerprint density at radius 1 is 1.08 bits per heavy atom. The molecule has 3 aromatic heterocycles. The summed E-state index contributed by atoms with van der Waals surface area (Å²) in [5.41, 5.74) is 5.92. The van der Waals surface area contributed by atoms with Crippen LogP contribution in [0.25, 0.3) is 33.2 Å². The molecule has 0 fully saturated rings. The molecule has 0 saturated carbocycles. The lowest BCUT2D eigenvalue weighted by Crippen LogP contribution is -2.00. The van der Waals surface area contributed by atoms with E-state index in [-0.39, 0.29) is 0 Å². The maximum Gasteiger partial charge on any atom is 0.187 e. The summed E-state index contributed by atoms with van der Waals surface area (Å²) in [5, 5.41) is 0.482. The average molecular weight is 358 g/mol. The first kappa shape index (κ1) is 14.9. The maximum atomic E-state index is 7.09. The summed E-state index contributed by atoms with van der Waals surface area (Å²) < 4.78 is 4.22. The molecule has 0 spiro atoms. The summed E-state index contributed by atoms with van der Waals surface area (Å²) in [6, 6.07) is 11.7. The van der Waals surface area contributed by atoms with Gasteiger partial charge in [-0.25, -0.2) is 14.8 Å². The zero-order valence-corrected chi connectivity index (χ0v) is 14.4. The van der Waals surface area contributed by atoms with Gasteiger partial charge in [0.1, 0.15) is 5.15 Å². The van der Waals surface area contributed by atoms with E-state index < -0.39 is 0 Å². The van der Waals surface area contributed by atoms with Gasteiger partial charge in [0.25, 0.3) is 0 Å². The van der Waals surface area contributed by atoms with Crippen LogP contribution in [-0.2, 0) is 6.54 Å². The first-order valence-corrected chi connectivity index (χ1v) is 8.47. The minimum Gasteiger partial charge on any atom is -0.340 e. The monoisotopic (exact) mass is 357 g/mol. The van der Waals surface area contributed by atoms with Gasteiger partial charge < -0.3 is 4.57 Å². The number of aromatic nitrogens is 4. The Balaban J connectivity index is 1.68. The highest BCUT2D eigenvalue weighted by Gasteiger charge is 2.21. The lowest BCUT2D eigenvalue weighted by atomic mass is 10.1. The first-order valence-electron chi connectivity index (χ1n) is 8.09. The van der Waals surface area contributed by atoms with Crippen LogP contribution >= 0.6 is 11.6 Å². The molecule has 4 heterocycles. The van der Waals surface area contributed by atoms with Gasteiger partial charge in [0.15, 0.2) is 11.5 Å². The van der Waals surface area contributed by atoms with Gasteiger partial charge in [-0.2, -0.15) is 0 Å². The molecule has 0 saturated heterocycles. The minimum absolute atomic E-state index is 0.482. The van der Waals surface area contributed by atoms with Crippen LogP contribution in [-0.4, -0.2) is 19.1 Å². The molecular weight excluding hydrogens is 346 g/mol. The van der Waals surface area contributed by atoms with Crippen molar-refractivity contribution in [2.45, 2.75) is 6.54 Å². The van der Waals surface area contributed by atoms with Gasteiger partial charge in [0.2, 0.25) is 0 Å². The number of imidazole rings is 1. The normalized spacial score (nSPS) is 11.8. The molecule has 0 amide bonds. The van der Waals surface area contributed by atoms with Crippen molar-refractivity contribution >= 4 is 17.3 Å². The van der Waals surface area contributed by atoms with Crippen molar-refractivity contribution in [1.82, 2.24) is 19.1 Å². The second-order valence-electron chi connectivity index (χ2n) is 6.16. The molecule has 0 atom stereocenters. The molecule has 0 bridgehead atoms. The van der Waals surface area contributed by atoms with Crippen LogP contribution in [0.4, 0.5) is 5.69 Å². The van der Waals surface area contributed by atoms with E-state index in [4.69, 9.17) is 18.2 Å². The van der Waals surface area contributed by atoms with E-state index in [0.29, 0.717) is 17.4 Å². The van der Waals surface area contributed by atoms with Crippen LogP contribution in [0.2, 0.25) is 5.15 Å².